The molecule has 1 aliphatic heterocycles. The highest BCUT2D eigenvalue weighted by Crippen LogP contribution is 2.19. The molecule has 5 nitrogen and oxygen atoms in total. The lowest BCUT2D eigenvalue weighted by atomic mass is 9.99. The highest BCUT2D eigenvalue weighted by Gasteiger charge is 2.32. The first-order chi connectivity index (χ1) is 7.61. The summed E-state index contributed by atoms with van der Waals surface area (Å²) in [5.41, 5.74) is 5.49. The van der Waals surface area contributed by atoms with Crippen LogP contribution in [0.5, 0.6) is 0 Å². The van der Waals surface area contributed by atoms with Crippen molar-refractivity contribution in [2.45, 2.75) is 32.2 Å². The minimum Gasteiger partial charge on any atom is -0.357 e. The zero-order valence-corrected chi connectivity index (χ0v) is 10.0. The monoisotopic (exact) mass is 227 g/mol. The predicted octanol–water partition coefficient (Wildman–Crippen LogP) is -0.292. The van der Waals surface area contributed by atoms with E-state index < -0.39 is 0 Å². The molecule has 0 aromatic carbocycles. The van der Waals surface area contributed by atoms with Crippen LogP contribution in [0.2, 0.25) is 0 Å². The molecule has 0 aromatic rings. The van der Waals surface area contributed by atoms with E-state index in [0.29, 0.717) is 13.1 Å². The van der Waals surface area contributed by atoms with Crippen molar-refractivity contribution in [2.24, 2.45) is 11.7 Å². The van der Waals surface area contributed by atoms with Crippen LogP contribution >= 0.6 is 0 Å². The summed E-state index contributed by atoms with van der Waals surface area (Å²) in [4.78, 5) is 25.4. The van der Waals surface area contributed by atoms with Gasteiger partial charge in [-0.1, -0.05) is 6.92 Å². The van der Waals surface area contributed by atoms with Gasteiger partial charge >= 0.3 is 0 Å². The van der Waals surface area contributed by atoms with Crippen LogP contribution in [0.4, 0.5) is 0 Å². The first-order valence-electron chi connectivity index (χ1n) is 5.84. The van der Waals surface area contributed by atoms with E-state index in [1.165, 1.54) is 0 Å². The number of carbonyl (C=O) groups excluding carboxylic acids is 2. The summed E-state index contributed by atoms with van der Waals surface area (Å²) < 4.78 is 0. The van der Waals surface area contributed by atoms with Gasteiger partial charge in [0.05, 0.1) is 0 Å². The summed E-state index contributed by atoms with van der Waals surface area (Å²) >= 11 is 0. The van der Waals surface area contributed by atoms with Crippen LogP contribution in [0.15, 0.2) is 0 Å². The molecule has 2 amide bonds. The van der Waals surface area contributed by atoms with Crippen molar-refractivity contribution >= 4 is 11.8 Å². The SMILES string of the molecule is CNC(=O)C1CCCCN1C(=O)C(C)CN. The smallest absolute Gasteiger partial charge is 0.242 e. The Labute approximate surface area is 96.4 Å². The Hall–Kier alpha value is -1.10. The number of nitrogens with one attached hydrogen (secondary N) is 1. The van der Waals surface area contributed by atoms with E-state index in [4.69, 9.17) is 5.73 Å². The molecule has 3 N–H and O–H groups in total. The average Bonchev–Trinajstić information content (AvgIpc) is 2.35. The van der Waals surface area contributed by atoms with Crippen LogP contribution in [0.1, 0.15) is 26.2 Å². The van der Waals surface area contributed by atoms with Gasteiger partial charge in [0.1, 0.15) is 6.04 Å². The molecule has 1 rings (SSSR count). The minimum absolute atomic E-state index is 0.00389. The molecule has 0 aromatic heterocycles. The van der Waals surface area contributed by atoms with Crippen molar-refractivity contribution in [1.82, 2.24) is 10.2 Å². The zero-order chi connectivity index (χ0) is 12.1. The second-order valence-electron chi connectivity index (χ2n) is 4.29. The van der Waals surface area contributed by atoms with Gasteiger partial charge in [-0.2, -0.15) is 0 Å². The number of likely N-dealkylation sites (N-methyl/N-ethyl adjacent to an activating group) is 1. The second-order valence-corrected chi connectivity index (χ2v) is 4.29. The van der Waals surface area contributed by atoms with Crippen LogP contribution in [0.3, 0.4) is 0 Å². The summed E-state index contributed by atoms with van der Waals surface area (Å²) in [6, 6.07) is -0.305. The number of nitrogens with two attached hydrogens (primary N) is 1. The first kappa shape index (κ1) is 13.0. The van der Waals surface area contributed by atoms with E-state index in [2.05, 4.69) is 5.32 Å². The minimum atomic E-state index is -0.305. The lowest BCUT2D eigenvalue weighted by Gasteiger charge is -2.35. The number of likely N-dealkylation sites (tertiary alicyclic amines) is 1. The molecule has 2 unspecified atom stereocenters. The molecule has 0 aliphatic carbocycles. The Morgan fingerprint density at radius 2 is 2.19 bits per heavy atom. The molecule has 2 atom stereocenters. The van der Waals surface area contributed by atoms with Crippen molar-refractivity contribution < 1.29 is 9.59 Å². The lowest BCUT2D eigenvalue weighted by molar-refractivity contribution is -0.144. The van der Waals surface area contributed by atoms with Crippen molar-refractivity contribution in [1.29, 1.82) is 0 Å². The van der Waals surface area contributed by atoms with Gasteiger partial charge < -0.3 is 16.0 Å². The second kappa shape index (κ2) is 5.84. The van der Waals surface area contributed by atoms with Gasteiger partial charge in [-0.25, -0.2) is 0 Å². The maximum absolute atomic E-state index is 12.0. The standard InChI is InChI=1S/C11H21N3O2/c1-8(7-12)11(16)14-6-4-3-5-9(14)10(15)13-2/h8-9H,3-7,12H2,1-2H3,(H,13,15). The highest BCUT2D eigenvalue weighted by atomic mass is 16.2. The molecule has 1 heterocycles. The molecule has 1 saturated heterocycles. The molecule has 16 heavy (non-hydrogen) atoms. The lowest BCUT2D eigenvalue weighted by Crippen LogP contribution is -2.53. The van der Waals surface area contributed by atoms with Crippen molar-refractivity contribution in [3.8, 4) is 0 Å². The number of carbonyl (C=O) groups is 2. The number of rotatable bonds is 3. The number of hydrogen-bond donors (Lipinski definition) is 2. The van der Waals surface area contributed by atoms with Gasteiger partial charge in [0.15, 0.2) is 0 Å². The molecule has 92 valence electrons. The van der Waals surface area contributed by atoms with Gasteiger partial charge in [0, 0.05) is 26.1 Å². The predicted molar refractivity (Wildman–Crippen MR) is 61.6 cm³/mol. The molecular weight excluding hydrogens is 206 g/mol. The summed E-state index contributed by atoms with van der Waals surface area (Å²) in [5.74, 6) is -0.279. The largest absolute Gasteiger partial charge is 0.357 e. The van der Waals surface area contributed by atoms with E-state index in [-0.39, 0.29) is 23.8 Å². The van der Waals surface area contributed by atoms with Crippen LogP contribution in [-0.2, 0) is 9.59 Å². The third kappa shape index (κ3) is 2.72. The van der Waals surface area contributed by atoms with Crippen molar-refractivity contribution in [3.63, 3.8) is 0 Å². The van der Waals surface area contributed by atoms with Crippen molar-refractivity contribution in [3.05, 3.63) is 0 Å². The summed E-state index contributed by atoms with van der Waals surface area (Å²) in [6.45, 7) is 2.80. The molecule has 1 aliphatic rings. The molecular formula is C11H21N3O2. The van der Waals surface area contributed by atoms with E-state index in [0.717, 1.165) is 19.3 Å². The van der Waals surface area contributed by atoms with Gasteiger partial charge in [0.25, 0.3) is 0 Å². The molecule has 0 spiro atoms. The Balaban J connectivity index is 2.73. The molecule has 5 heteroatoms. The Morgan fingerprint density at radius 3 is 2.75 bits per heavy atom. The van der Waals surface area contributed by atoms with Crippen molar-refractivity contribution in [2.75, 3.05) is 20.1 Å². The fourth-order valence-electron chi connectivity index (χ4n) is 2.02. The van der Waals surface area contributed by atoms with E-state index in [9.17, 15) is 9.59 Å². The molecule has 0 bridgehead atoms. The fraction of sp³-hybridized carbons (Fsp3) is 0.818. The summed E-state index contributed by atoms with van der Waals surface area (Å²) in [6.07, 6.45) is 2.72. The maximum Gasteiger partial charge on any atom is 0.242 e. The Morgan fingerprint density at radius 1 is 1.50 bits per heavy atom. The van der Waals surface area contributed by atoms with Gasteiger partial charge in [-0.3, -0.25) is 9.59 Å². The molecule has 0 saturated carbocycles. The maximum atomic E-state index is 12.0. The van der Waals surface area contributed by atoms with E-state index >= 15 is 0 Å². The fourth-order valence-corrected chi connectivity index (χ4v) is 2.02. The van der Waals surface area contributed by atoms with Gasteiger partial charge in [-0.15, -0.1) is 0 Å². The number of amides is 2. The number of hydrogen-bond acceptors (Lipinski definition) is 3. The third-order valence-corrected chi connectivity index (χ3v) is 3.11. The van der Waals surface area contributed by atoms with Gasteiger partial charge in [0.2, 0.25) is 11.8 Å². The number of piperidine rings is 1. The third-order valence-electron chi connectivity index (χ3n) is 3.11. The van der Waals surface area contributed by atoms with Gasteiger partial charge in [-0.05, 0) is 19.3 Å². The molecule has 0 radical (unpaired) electrons. The highest BCUT2D eigenvalue weighted by molar-refractivity contribution is 5.88. The summed E-state index contributed by atoms with van der Waals surface area (Å²) in [5, 5.41) is 2.61. The topological polar surface area (TPSA) is 75.4 Å². The quantitative estimate of drug-likeness (QED) is 0.695. The van der Waals surface area contributed by atoms with E-state index in [1.54, 1.807) is 18.9 Å². The van der Waals surface area contributed by atoms with E-state index in [1.807, 2.05) is 0 Å². The molecule has 1 fully saturated rings. The van der Waals surface area contributed by atoms with Crippen LogP contribution in [0, 0.1) is 5.92 Å². The first-order valence-corrected chi connectivity index (χ1v) is 5.84. The van der Waals surface area contributed by atoms with Crippen LogP contribution in [0.25, 0.3) is 0 Å². The van der Waals surface area contributed by atoms with Crippen LogP contribution < -0.4 is 11.1 Å². The zero-order valence-electron chi connectivity index (χ0n) is 10.0. The van der Waals surface area contributed by atoms with Crippen LogP contribution in [-0.4, -0.2) is 42.9 Å². The Kier molecular flexibility index (Phi) is 4.73. The number of nitrogens with zero attached hydrogens (tertiary/aromatic N) is 1. The average molecular weight is 227 g/mol. The Bertz CT molecular complexity index is 268. The summed E-state index contributed by atoms with van der Waals surface area (Å²) in [7, 11) is 1.60. The normalized spacial score (nSPS) is 22.7.